The number of hydrogen-bond donors (Lipinski definition) is 0. The fourth-order valence-corrected chi connectivity index (χ4v) is 2.92. The molecule has 1 aromatic rings. The van der Waals surface area contributed by atoms with Gasteiger partial charge >= 0.3 is 5.97 Å². The second-order valence-electron chi connectivity index (χ2n) is 5.10. The maximum atomic E-state index is 14.3. The average molecular weight is 280 g/mol. The summed E-state index contributed by atoms with van der Waals surface area (Å²) in [7, 11) is 1.59. The number of halogens is 1. The van der Waals surface area contributed by atoms with Crippen LogP contribution in [0.4, 0.5) is 4.39 Å². The van der Waals surface area contributed by atoms with E-state index in [1.54, 1.807) is 26.2 Å². The molecule has 1 aliphatic carbocycles. The first-order valence-corrected chi connectivity index (χ1v) is 7.12. The molecule has 0 radical (unpaired) electrons. The molecular formula is C16H21FO3. The van der Waals surface area contributed by atoms with Crippen molar-refractivity contribution in [2.24, 2.45) is 5.92 Å². The topological polar surface area (TPSA) is 35.5 Å². The summed E-state index contributed by atoms with van der Waals surface area (Å²) in [6.07, 6.45) is 0.936. The molecule has 2 rings (SSSR count). The molecule has 110 valence electrons. The molecule has 3 nitrogen and oxygen atoms in total. The third kappa shape index (κ3) is 3.11. The van der Waals surface area contributed by atoms with Crippen molar-refractivity contribution in [3.05, 3.63) is 29.8 Å². The van der Waals surface area contributed by atoms with E-state index in [9.17, 15) is 9.18 Å². The second kappa shape index (κ2) is 6.73. The summed E-state index contributed by atoms with van der Waals surface area (Å²) >= 11 is 0. The van der Waals surface area contributed by atoms with Gasteiger partial charge in [0.2, 0.25) is 0 Å². The Balaban J connectivity index is 2.24. The van der Waals surface area contributed by atoms with E-state index in [-0.39, 0.29) is 11.9 Å². The number of alkyl halides is 1. The van der Waals surface area contributed by atoms with Gasteiger partial charge in [0.25, 0.3) is 0 Å². The Bertz CT molecular complexity index is 444. The van der Waals surface area contributed by atoms with E-state index in [2.05, 4.69) is 0 Å². The van der Waals surface area contributed by atoms with Crippen molar-refractivity contribution in [3.8, 4) is 5.75 Å². The van der Waals surface area contributed by atoms with Crippen molar-refractivity contribution in [2.75, 3.05) is 13.7 Å². The Morgan fingerprint density at radius 2 is 2.00 bits per heavy atom. The van der Waals surface area contributed by atoms with Crippen LogP contribution in [0.3, 0.4) is 0 Å². The van der Waals surface area contributed by atoms with Crippen LogP contribution in [0.2, 0.25) is 0 Å². The number of carbonyl (C=O) groups excluding carboxylic acids is 1. The summed E-state index contributed by atoms with van der Waals surface area (Å²) in [6.45, 7) is 2.11. The summed E-state index contributed by atoms with van der Waals surface area (Å²) in [4.78, 5) is 12.0. The van der Waals surface area contributed by atoms with Crippen LogP contribution in [0, 0.1) is 5.92 Å². The van der Waals surface area contributed by atoms with E-state index in [4.69, 9.17) is 9.47 Å². The van der Waals surface area contributed by atoms with Crippen LogP contribution >= 0.6 is 0 Å². The van der Waals surface area contributed by atoms with Gasteiger partial charge in [0, 0.05) is 5.92 Å². The van der Waals surface area contributed by atoms with Gasteiger partial charge in [-0.05, 0) is 43.9 Å². The van der Waals surface area contributed by atoms with Gasteiger partial charge in [-0.3, -0.25) is 4.79 Å². The summed E-state index contributed by atoms with van der Waals surface area (Å²) in [5.41, 5.74) is 0.844. The molecule has 1 aliphatic rings. The second-order valence-corrected chi connectivity index (χ2v) is 5.10. The number of methoxy groups -OCH3 is 1. The van der Waals surface area contributed by atoms with Crippen molar-refractivity contribution in [2.45, 2.75) is 38.3 Å². The van der Waals surface area contributed by atoms with Gasteiger partial charge in [0.1, 0.15) is 11.9 Å². The van der Waals surface area contributed by atoms with Gasteiger partial charge < -0.3 is 9.47 Å². The van der Waals surface area contributed by atoms with Gasteiger partial charge in [0.05, 0.1) is 19.6 Å². The van der Waals surface area contributed by atoms with Crippen LogP contribution in [-0.2, 0) is 9.53 Å². The Kier molecular flexibility index (Phi) is 4.99. The average Bonchev–Trinajstić information content (AvgIpc) is 2.47. The Labute approximate surface area is 119 Å². The van der Waals surface area contributed by atoms with Gasteiger partial charge in [-0.15, -0.1) is 0 Å². The van der Waals surface area contributed by atoms with Crippen molar-refractivity contribution < 1.29 is 18.7 Å². The van der Waals surface area contributed by atoms with Crippen LogP contribution in [0.15, 0.2) is 24.3 Å². The minimum Gasteiger partial charge on any atom is -0.497 e. The highest BCUT2D eigenvalue weighted by molar-refractivity contribution is 5.74. The Morgan fingerprint density at radius 3 is 2.60 bits per heavy atom. The summed E-state index contributed by atoms with van der Waals surface area (Å²) in [5, 5.41) is 0. The zero-order chi connectivity index (χ0) is 14.5. The van der Waals surface area contributed by atoms with Crippen LogP contribution in [0.25, 0.3) is 0 Å². The van der Waals surface area contributed by atoms with E-state index >= 15 is 0 Å². The third-order valence-corrected chi connectivity index (χ3v) is 3.91. The highest BCUT2D eigenvalue weighted by atomic mass is 19.1. The lowest BCUT2D eigenvalue weighted by Crippen LogP contribution is -2.34. The lowest BCUT2D eigenvalue weighted by Gasteiger charge is -2.33. The third-order valence-electron chi connectivity index (χ3n) is 3.91. The first kappa shape index (κ1) is 14.8. The minimum atomic E-state index is -0.994. The molecule has 1 aromatic carbocycles. The fourth-order valence-electron chi connectivity index (χ4n) is 2.92. The number of ether oxygens (including phenoxy) is 2. The molecule has 20 heavy (non-hydrogen) atoms. The molecule has 4 heteroatoms. The summed E-state index contributed by atoms with van der Waals surface area (Å²) in [6, 6.07) is 7.29. The van der Waals surface area contributed by atoms with Crippen molar-refractivity contribution in [1.29, 1.82) is 0 Å². The van der Waals surface area contributed by atoms with Crippen LogP contribution < -0.4 is 4.74 Å². The molecule has 0 heterocycles. The van der Waals surface area contributed by atoms with Gasteiger partial charge in [0.15, 0.2) is 0 Å². The van der Waals surface area contributed by atoms with Crippen LogP contribution in [0.1, 0.15) is 37.7 Å². The van der Waals surface area contributed by atoms with Crippen molar-refractivity contribution in [3.63, 3.8) is 0 Å². The molecule has 0 unspecified atom stereocenters. The number of benzene rings is 1. The first-order chi connectivity index (χ1) is 9.67. The number of carbonyl (C=O) groups is 1. The molecule has 0 bridgehead atoms. The zero-order valence-electron chi connectivity index (χ0n) is 12.0. The Morgan fingerprint density at radius 1 is 1.30 bits per heavy atom. The Hall–Kier alpha value is -1.58. The normalized spacial score (nSPS) is 26.1. The monoisotopic (exact) mass is 280 g/mol. The predicted octanol–water partition coefficient (Wildman–Crippen LogP) is 3.48. The molecule has 0 saturated heterocycles. The number of esters is 1. The predicted molar refractivity (Wildman–Crippen MR) is 74.6 cm³/mol. The lowest BCUT2D eigenvalue weighted by molar-refractivity contribution is -0.150. The van der Waals surface area contributed by atoms with E-state index in [1.165, 1.54) is 0 Å². The molecule has 1 saturated carbocycles. The molecule has 0 aromatic heterocycles. The van der Waals surface area contributed by atoms with Gasteiger partial charge in [-0.25, -0.2) is 4.39 Å². The minimum absolute atomic E-state index is 0.282. The fraction of sp³-hybridized carbons (Fsp3) is 0.562. The lowest BCUT2D eigenvalue weighted by atomic mass is 9.74. The summed E-state index contributed by atoms with van der Waals surface area (Å²) < 4.78 is 24.5. The highest BCUT2D eigenvalue weighted by Gasteiger charge is 2.39. The standard InChI is InChI=1S/C16H21FO3/c1-3-20-16(18)13-5-4-6-14(17)15(13)11-7-9-12(19-2)10-8-11/h7-10,13-15H,3-6H2,1-2H3/t13-,14-,15-/m1/s1. The molecule has 0 amide bonds. The molecule has 1 fully saturated rings. The quantitative estimate of drug-likeness (QED) is 0.792. The van der Waals surface area contributed by atoms with E-state index in [0.717, 1.165) is 17.7 Å². The maximum absolute atomic E-state index is 14.3. The number of rotatable bonds is 4. The van der Waals surface area contributed by atoms with E-state index in [0.29, 0.717) is 19.4 Å². The zero-order valence-corrected chi connectivity index (χ0v) is 12.0. The van der Waals surface area contributed by atoms with Crippen molar-refractivity contribution in [1.82, 2.24) is 0 Å². The molecule has 0 aliphatic heterocycles. The molecular weight excluding hydrogens is 259 g/mol. The SMILES string of the molecule is CCOC(=O)[C@@H]1CCC[C@@H](F)[C@@H]1c1ccc(OC)cc1. The molecule has 3 atom stereocenters. The molecule has 0 spiro atoms. The van der Waals surface area contributed by atoms with Gasteiger partial charge in [-0.2, -0.15) is 0 Å². The largest absolute Gasteiger partial charge is 0.497 e. The maximum Gasteiger partial charge on any atom is 0.309 e. The first-order valence-electron chi connectivity index (χ1n) is 7.12. The van der Waals surface area contributed by atoms with Crippen molar-refractivity contribution >= 4 is 5.97 Å². The molecule has 0 N–H and O–H groups in total. The summed E-state index contributed by atoms with van der Waals surface area (Å²) in [5.74, 6) is -0.343. The highest BCUT2D eigenvalue weighted by Crippen LogP contribution is 2.40. The van der Waals surface area contributed by atoms with Crippen LogP contribution in [-0.4, -0.2) is 25.9 Å². The van der Waals surface area contributed by atoms with Gasteiger partial charge in [-0.1, -0.05) is 12.1 Å². The smallest absolute Gasteiger partial charge is 0.309 e. The van der Waals surface area contributed by atoms with E-state index < -0.39 is 12.1 Å². The van der Waals surface area contributed by atoms with E-state index in [1.807, 2.05) is 12.1 Å². The van der Waals surface area contributed by atoms with Crippen LogP contribution in [0.5, 0.6) is 5.75 Å². The number of hydrogen-bond acceptors (Lipinski definition) is 3.